The molecule has 2 aromatic carbocycles. The molecule has 0 bridgehead atoms. The summed E-state index contributed by atoms with van der Waals surface area (Å²) in [6, 6.07) is 16.8. The van der Waals surface area contributed by atoms with Crippen LogP contribution in [0.4, 0.5) is 11.4 Å². The molecule has 0 amide bonds. The monoisotopic (exact) mass is 365 g/mol. The van der Waals surface area contributed by atoms with Gasteiger partial charge in [0.25, 0.3) is 0 Å². The number of anilines is 2. The van der Waals surface area contributed by atoms with Crippen LogP contribution in [0.2, 0.25) is 0 Å². The van der Waals surface area contributed by atoms with Crippen LogP contribution in [0.15, 0.2) is 70.7 Å². The molecule has 3 aromatic rings. The fraction of sp³-hybridized carbons (Fsp3) is 0.200. The van der Waals surface area contributed by atoms with E-state index in [1.165, 1.54) is 21.2 Å². The quantitative estimate of drug-likeness (QED) is 0.633. The largest absolute Gasteiger partial charge is 0.465 e. The highest BCUT2D eigenvalue weighted by molar-refractivity contribution is 7.99. The van der Waals surface area contributed by atoms with Gasteiger partial charge in [-0.25, -0.2) is 0 Å². The molecule has 0 unspecified atom stereocenters. The maximum absolute atomic E-state index is 11.6. The molecule has 0 saturated carbocycles. The molecule has 0 N–H and O–H groups in total. The second-order valence-corrected chi connectivity index (χ2v) is 7.06. The van der Waals surface area contributed by atoms with Gasteiger partial charge in [0.2, 0.25) is 0 Å². The first kappa shape index (κ1) is 16.7. The number of benzene rings is 2. The van der Waals surface area contributed by atoms with Crippen molar-refractivity contribution in [1.82, 2.24) is 9.78 Å². The summed E-state index contributed by atoms with van der Waals surface area (Å²) in [7, 11) is 0. The van der Waals surface area contributed by atoms with Gasteiger partial charge in [-0.2, -0.15) is 5.10 Å². The maximum atomic E-state index is 11.6. The molecular weight excluding hydrogens is 346 g/mol. The van der Waals surface area contributed by atoms with E-state index in [0.29, 0.717) is 13.2 Å². The van der Waals surface area contributed by atoms with E-state index in [9.17, 15) is 4.79 Å². The van der Waals surface area contributed by atoms with Crippen LogP contribution in [0.1, 0.15) is 12.5 Å². The van der Waals surface area contributed by atoms with Crippen molar-refractivity contribution in [3.05, 3.63) is 66.5 Å². The zero-order valence-electron chi connectivity index (χ0n) is 14.5. The van der Waals surface area contributed by atoms with Crippen LogP contribution in [0.3, 0.4) is 0 Å². The average molecular weight is 365 g/mol. The van der Waals surface area contributed by atoms with Crippen molar-refractivity contribution in [2.45, 2.75) is 29.8 Å². The molecule has 0 saturated heterocycles. The van der Waals surface area contributed by atoms with Crippen molar-refractivity contribution in [1.29, 1.82) is 0 Å². The lowest BCUT2D eigenvalue weighted by molar-refractivity contribution is -0.144. The summed E-state index contributed by atoms with van der Waals surface area (Å²) < 4.78 is 6.61. The fourth-order valence-electron chi connectivity index (χ4n) is 3.05. The van der Waals surface area contributed by atoms with Gasteiger partial charge < -0.3 is 9.64 Å². The van der Waals surface area contributed by atoms with Gasteiger partial charge in [0.15, 0.2) is 0 Å². The van der Waals surface area contributed by atoms with Crippen LogP contribution in [0, 0.1) is 0 Å². The second-order valence-electron chi connectivity index (χ2n) is 5.97. The molecule has 0 spiro atoms. The molecule has 1 aliphatic heterocycles. The molecule has 2 heterocycles. The van der Waals surface area contributed by atoms with Crippen molar-refractivity contribution >= 4 is 29.1 Å². The number of carbonyl (C=O) groups is 1. The predicted molar refractivity (Wildman–Crippen MR) is 102 cm³/mol. The number of rotatable bonds is 5. The van der Waals surface area contributed by atoms with Gasteiger partial charge in [0.1, 0.15) is 6.54 Å². The summed E-state index contributed by atoms with van der Waals surface area (Å²) in [6.07, 6.45) is 3.72. The van der Waals surface area contributed by atoms with Crippen LogP contribution in [0.5, 0.6) is 0 Å². The molecular formula is C20H19N3O2S. The number of hydrogen-bond donors (Lipinski definition) is 0. The van der Waals surface area contributed by atoms with Crippen LogP contribution in [0.25, 0.3) is 0 Å². The van der Waals surface area contributed by atoms with Crippen molar-refractivity contribution in [2.75, 3.05) is 11.5 Å². The highest BCUT2D eigenvalue weighted by Crippen LogP contribution is 2.48. The number of aromatic nitrogens is 2. The summed E-state index contributed by atoms with van der Waals surface area (Å²) >= 11 is 1.79. The molecule has 1 aromatic heterocycles. The zero-order chi connectivity index (χ0) is 17.9. The summed E-state index contributed by atoms with van der Waals surface area (Å²) in [5, 5.41) is 4.30. The van der Waals surface area contributed by atoms with E-state index in [-0.39, 0.29) is 12.5 Å². The van der Waals surface area contributed by atoms with E-state index >= 15 is 0 Å². The molecule has 132 valence electrons. The molecule has 0 aliphatic carbocycles. The number of esters is 1. The van der Waals surface area contributed by atoms with E-state index in [0.717, 1.165) is 5.56 Å². The Labute approximate surface area is 156 Å². The third-order valence-electron chi connectivity index (χ3n) is 4.16. The van der Waals surface area contributed by atoms with E-state index in [1.807, 2.05) is 12.4 Å². The highest BCUT2D eigenvalue weighted by atomic mass is 32.2. The Morgan fingerprint density at radius 1 is 1.08 bits per heavy atom. The van der Waals surface area contributed by atoms with Crippen molar-refractivity contribution in [3.8, 4) is 0 Å². The van der Waals surface area contributed by atoms with Gasteiger partial charge >= 0.3 is 5.97 Å². The smallest absolute Gasteiger partial charge is 0.327 e. The average Bonchev–Trinajstić information content (AvgIpc) is 3.08. The molecule has 5 nitrogen and oxygen atoms in total. The van der Waals surface area contributed by atoms with Crippen LogP contribution < -0.4 is 4.90 Å². The van der Waals surface area contributed by atoms with E-state index < -0.39 is 0 Å². The van der Waals surface area contributed by atoms with Gasteiger partial charge in [-0.1, -0.05) is 36.0 Å². The van der Waals surface area contributed by atoms with Crippen molar-refractivity contribution in [3.63, 3.8) is 0 Å². The third-order valence-corrected chi connectivity index (χ3v) is 5.29. The molecule has 6 heteroatoms. The zero-order valence-corrected chi connectivity index (χ0v) is 15.3. The SMILES string of the molecule is CCOC(=O)Cn1cc(CN2c3ccccc3Sc3ccccc32)cn1. The lowest BCUT2D eigenvalue weighted by Gasteiger charge is -2.32. The number of para-hydroxylation sites is 2. The van der Waals surface area contributed by atoms with Gasteiger partial charge in [0.05, 0.1) is 30.7 Å². The van der Waals surface area contributed by atoms with E-state index in [4.69, 9.17) is 4.74 Å². The van der Waals surface area contributed by atoms with Crippen LogP contribution in [-0.2, 0) is 22.6 Å². The minimum absolute atomic E-state index is 0.136. The summed E-state index contributed by atoms with van der Waals surface area (Å²) in [5.41, 5.74) is 3.43. The van der Waals surface area contributed by atoms with Gasteiger partial charge in [-0.3, -0.25) is 9.48 Å². The first-order valence-corrected chi connectivity index (χ1v) is 9.36. The third kappa shape index (κ3) is 3.32. The number of nitrogens with zero attached hydrogens (tertiary/aromatic N) is 3. The predicted octanol–water partition coefficient (Wildman–Crippen LogP) is 4.25. The fourth-order valence-corrected chi connectivity index (χ4v) is 4.14. The minimum Gasteiger partial charge on any atom is -0.465 e. The summed E-state index contributed by atoms with van der Waals surface area (Å²) in [5.74, 6) is -0.271. The molecule has 26 heavy (non-hydrogen) atoms. The Kier molecular flexibility index (Phi) is 4.67. The lowest BCUT2D eigenvalue weighted by Crippen LogP contribution is -2.20. The summed E-state index contributed by atoms with van der Waals surface area (Å²) in [4.78, 5) is 16.4. The molecule has 0 radical (unpaired) electrons. The maximum Gasteiger partial charge on any atom is 0.327 e. The van der Waals surface area contributed by atoms with Crippen molar-refractivity contribution < 1.29 is 9.53 Å². The standard InChI is InChI=1S/C20H19N3O2S/c1-2-25-20(24)14-22-12-15(11-21-22)13-23-16-7-3-5-9-18(16)26-19-10-6-4-8-17(19)23/h3-12H,2,13-14H2,1H3. The van der Waals surface area contributed by atoms with Gasteiger partial charge in [0, 0.05) is 21.6 Å². The van der Waals surface area contributed by atoms with Crippen LogP contribution in [-0.4, -0.2) is 22.4 Å². The normalized spacial score (nSPS) is 12.4. The molecule has 4 rings (SSSR count). The van der Waals surface area contributed by atoms with Gasteiger partial charge in [-0.05, 0) is 31.2 Å². The van der Waals surface area contributed by atoms with Gasteiger partial charge in [-0.15, -0.1) is 0 Å². The molecule has 0 atom stereocenters. The lowest BCUT2D eigenvalue weighted by atomic mass is 10.2. The Balaban J connectivity index is 1.61. The van der Waals surface area contributed by atoms with Crippen molar-refractivity contribution in [2.24, 2.45) is 0 Å². The number of ether oxygens (including phenoxy) is 1. The highest BCUT2D eigenvalue weighted by Gasteiger charge is 2.23. The van der Waals surface area contributed by atoms with Crippen LogP contribution >= 0.6 is 11.8 Å². The number of hydrogen-bond acceptors (Lipinski definition) is 5. The Bertz CT molecular complexity index is 893. The Morgan fingerprint density at radius 3 is 2.38 bits per heavy atom. The topological polar surface area (TPSA) is 47.4 Å². The Morgan fingerprint density at radius 2 is 1.73 bits per heavy atom. The number of fused-ring (bicyclic) bond motifs is 2. The minimum atomic E-state index is -0.271. The Hall–Kier alpha value is -2.73. The summed E-state index contributed by atoms with van der Waals surface area (Å²) in [6.45, 7) is 3.01. The molecule has 1 aliphatic rings. The molecule has 0 fully saturated rings. The number of carbonyl (C=O) groups excluding carboxylic acids is 1. The van der Waals surface area contributed by atoms with E-state index in [2.05, 4.69) is 58.5 Å². The second kappa shape index (κ2) is 7.25. The first-order chi connectivity index (χ1) is 12.7. The first-order valence-electron chi connectivity index (χ1n) is 8.55. The van der Waals surface area contributed by atoms with E-state index in [1.54, 1.807) is 23.4 Å².